The molecule has 2 aromatic carbocycles. The van der Waals surface area contributed by atoms with E-state index in [1.165, 1.54) is 18.2 Å². The lowest BCUT2D eigenvalue weighted by Crippen LogP contribution is -2.47. The molecule has 1 saturated heterocycles. The number of rotatable bonds is 5. The Hall–Kier alpha value is -3.22. The molecule has 150 valence electrons. The monoisotopic (exact) mass is 395 g/mol. The number of hydrogen-bond acceptors (Lipinski definition) is 5. The SMILES string of the molecule is Cc1cc(NCc2ccc(F)cc2)nc(N2CCN(c3ccccc3F)CC2)n1. The Morgan fingerprint density at radius 3 is 2.31 bits per heavy atom. The Morgan fingerprint density at radius 2 is 1.59 bits per heavy atom. The van der Waals surface area contributed by atoms with Crippen molar-refractivity contribution in [2.75, 3.05) is 41.3 Å². The number of halogens is 2. The van der Waals surface area contributed by atoms with E-state index in [0.29, 0.717) is 31.3 Å². The van der Waals surface area contributed by atoms with Crippen LogP contribution in [0.4, 0.5) is 26.2 Å². The number of anilines is 3. The van der Waals surface area contributed by atoms with Crippen molar-refractivity contribution in [2.24, 2.45) is 0 Å². The fraction of sp³-hybridized carbons (Fsp3) is 0.273. The largest absolute Gasteiger partial charge is 0.366 e. The van der Waals surface area contributed by atoms with Crippen LogP contribution in [0.3, 0.4) is 0 Å². The van der Waals surface area contributed by atoms with Gasteiger partial charge in [-0.25, -0.2) is 13.8 Å². The Balaban J connectivity index is 1.41. The van der Waals surface area contributed by atoms with Gasteiger partial charge in [0.15, 0.2) is 0 Å². The van der Waals surface area contributed by atoms with Crippen molar-refractivity contribution in [1.82, 2.24) is 9.97 Å². The Kier molecular flexibility index (Phi) is 5.55. The minimum absolute atomic E-state index is 0.194. The zero-order chi connectivity index (χ0) is 20.2. The molecule has 2 heterocycles. The standard InChI is InChI=1S/C22H23F2N5/c1-16-14-21(25-15-17-6-8-18(23)9-7-17)27-22(26-16)29-12-10-28(11-13-29)20-5-3-2-4-19(20)24/h2-9,14H,10-13,15H2,1H3,(H,25,26,27). The Morgan fingerprint density at radius 1 is 0.897 bits per heavy atom. The van der Waals surface area contributed by atoms with E-state index < -0.39 is 0 Å². The highest BCUT2D eigenvalue weighted by Crippen LogP contribution is 2.22. The molecule has 1 aliphatic rings. The molecule has 4 rings (SSSR count). The van der Waals surface area contributed by atoms with E-state index in [1.807, 2.05) is 25.1 Å². The maximum atomic E-state index is 14.0. The van der Waals surface area contributed by atoms with E-state index in [0.717, 1.165) is 30.2 Å². The van der Waals surface area contributed by atoms with Crippen molar-refractivity contribution in [3.63, 3.8) is 0 Å². The van der Waals surface area contributed by atoms with Crippen LogP contribution in [0.5, 0.6) is 0 Å². The number of piperazine rings is 1. The van der Waals surface area contributed by atoms with Crippen LogP contribution in [0.15, 0.2) is 54.6 Å². The van der Waals surface area contributed by atoms with Gasteiger partial charge in [0.1, 0.15) is 17.5 Å². The van der Waals surface area contributed by atoms with E-state index in [4.69, 9.17) is 0 Å². The maximum Gasteiger partial charge on any atom is 0.227 e. The molecule has 7 heteroatoms. The van der Waals surface area contributed by atoms with E-state index in [9.17, 15) is 8.78 Å². The molecule has 1 aliphatic heterocycles. The third-order valence-corrected chi connectivity index (χ3v) is 4.98. The summed E-state index contributed by atoms with van der Waals surface area (Å²) in [5.74, 6) is 0.955. The fourth-order valence-electron chi connectivity index (χ4n) is 3.44. The molecular weight excluding hydrogens is 372 g/mol. The maximum absolute atomic E-state index is 14.0. The smallest absolute Gasteiger partial charge is 0.227 e. The first kappa shape index (κ1) is 19.1. The Bertz CT molecular complexity index is 969. The lowest BCUT2D eigenvalue weighted by Gasteiger charge is -2.36. The lowest BCUT2D eigenvalue weighted by molar-refractivity contribution is 0.594. The van der Waals surface area contributed by atoms with Gasteiger partial charge in [-0.15, -0.1) is 0 Å². The third-order valence-electron chi connectivity index (χ3n) is 4.98. The number of aromatic nitrogens is 2. The minimum Gasteiger partial charge on any atom is -0.366 e. The van der Waals surface area contributed by atoms with Crippen molar-refractivity contribution in [3.05, 3.63) is 77.5 Å². The van der Waals surface area contributed by atoms with Crippen molar-refractivity contribution in [1.29, 1.82) is 0 Å². The molecule has 0 spiro atoms. The topological polar surface area (TPSA) is 44.3 Å². The molecule has 0 atom stereocenters. The number of nitrogens with one attached hydrogen (secondary N) is 1. The summed E-state index contributed by atoms with van der Waals surface area (Å²) >= 11 is 0. The van der Waals surface area contributed by atoms with Crippen LogP contribution >= 0.6 is 0 Å². The molecule has 0 bridgehead atoms. The average molecular weight is 395 g/mol. The van der Waals surface area contributed by atoms with Gasteiger partial charge in [0.05, 0.1) is 5.69 Å². The molecule has 0 aliphatic carbocycles. The van der Waals surface area contributed by atoms with Gasteiger partial charge in [-0.2, -0.15) is 4.98 Å². The molecule has 1 fully saturated rings. The van der Waals surface area contributed by atoms with E-state index in [2.05, 4.69) is 25.1 Å². The van der Waals surface area contributed by atoms with Gasteiger partial charge in [-0.1, -0.05) is 24.3 Å². The summed E-state index contributed by atoms with van der Waals surface area (Å²) in [4.78, 5) is 13.4. The first-order valence-corrected chi connectivity index (χ1v) is 9.67. The van der Waals surface area contributed by atoms with E-state index in [-0.39, 0.29) is 11.6 Å². The predicted octanol–water partition coefficient (Wildman–Crippen LogP) is 4.00. The molecule has 0 amide bonds. The summed E-state index contributed by atoms with van der Waals surface area (Å²) < 4.78 is 27.1. The summed E-state index contributed by atoms with van der Waals surface area (Å²) in [6.07, 6.45) is 0. The van der Waals surface area contributed by atoms with Crippen LogP contribution in [0.1, 0.15) is 11.3 Å². The third kappa shape index (κ3) is 4.62. The quantitative estimate of drug-likeness (QED) is 0.707. The molecular formula is C22H23F2N5. The van der Waals surface area contributed by atoms with Gasteiger partial charge in [0.2, 0.25) is 5.95 Å². The second-order valence-corrected chi connectivity index (χ2v) is 7.10. The van der Waals surface area contributed by atoms with E-state index >= 15 is 0 Å². The number of para-hydroxylation sites is 1. The number of nitrogens with zero attached hydrogens (tertiary/aromatic N) is 4. The highest BCUT2D eigenvalue weighted by Gasteiger charge is 2.21. The summed E-state index contributed by atoms with van der Waals surface area (Å²) in [5, 5.41) is 3.28. The molecule has 0 unspecified atom stereocenters. The highest BCUT2D eigenvalue weighted by atomic mass is 19.1. The van der Waals surface area contributed by atoms with Crippen molar-refractivity contribution >= 4 is 17.5 Å². The van der Waals surface area contributed by atoms with Crippen LogP contribution in [-0.2, 0) is 6.54 Å². The van der Waals surface area contributed by atoms with Crippen LogP contribution < -0.4 is 15.1 Å². The fourth-order valence-corrected chi connectivity index (χ4v) is 3.44. The molecule has 1 N–H and O–H groups in total. The summed E-state index contributed by atoms with van der Waals surface area (Å²) in [7, 11) is 0. The number of hydrogen-bond donors (Lipinski definition) is 1. The van der Waals surface area contributed by atoms with Gasteiger partial charge in [0, 0.05) is 44.5 Å². The first-order valence-electron chi connectivity index (χ1n) is 9.67. The zero-order valence-electron chi connectivity index (χ0n) is 16.3. The Labute approximate surface area is 169 Å². The van der Waals surface area contributed by atoms with Gasteiger partial charge < -0.3 is 15.1 Å². The van der Waals surface area contributed by atoms with Crippen LogP contribution in [0, 0.1) is 18.6 Å². The van der Waals surface area contributed by atoms with Gasteiger partial charge >= 0.3 is 0 Å². The van der Waals surface area contributed by atoms with Crippen molar-refractivity contribution < 1.29 is 8.78 Å². The molecule has 0 saturated carbocycles. The second kappa shape index (κ2) is 8.43. The number of aryl methyl sites for hydroxylation is 1. The van der Waals surface area contributed by atoms with Crippen molar-refractivity contribution in [2.45, 2.75) is 13.5 Å². The molecule has 29 heavy (non-hydrogen) atoms. The average Bonchev–Trinajstić information content (AvgIpc) is 2.73. The summed E-state index contributed by atoms with van der Waals surface area (Å²) in [6, 6.07) is 15.1. The lowest BCUT2D eigenvalue weighted by atomic mass is 10.2. The molecule has 1 aromatic heterocycles. The van der Waals surface area contributed by atoms with E-state index in [1.54, 1.807) is 18.2 Å². The predicted molar refractivity (Wildman–Crippen MR) is 111 cm³/mol. The van der Waals surface area contributed by atoms with Crippen LogP contribution in [0.25, 0.3) is 0 Å². The first-order chi connectivity index (χ1) is 14.1. The summed E-state index contributed by atoms with van der Waals surface area (Å²) in [6.45, 7) is 5.33. The van der Waals surface area contributed by atoms with Gasteiger partial charge in [-0.05, 0) is 36.8 Å². The molecule has 3 aromatic rings. The van der Waals surface area contributed by atoms with Gasteiger partial charge in [-0.3, -0.25) is 0 Å². The molecule has 0 radical (unpaired) electrons. The second-order valence-electron chi connectivity index (χ2n) is 7.10. The summed E-state index contributed by atoms with van der Waals surface area (Å²) in [5.41, 5.74) is 2.48. The van der Waals surface area contributed by atoms with Gasteiger partial charge in [0.25, 0.3) is 0 Å². The van der Waals surface area contributed by atoms with Crippen LogP contribution in [0.2, 0.25) is 0 Å². The van der Waals surface area contributed by atoms with Crippen molar-refractivity contribution in [3.8, 4) is 0 Å². The van der Waals surface area contributed by atoms with Crippen LogP contribution in [-0.4, -0.2) is 36.1 Å². The zero-order valence-corrected chi connectivity index (χ0v) is 16.3. The number of benzene rings is 2. The molecule has 5 nitrogen and oxygen atoms in total. The minimum atomic E-state index is -0.247. The highest BCUT2D eigenvalue weighted by molar-refractivity contribution is 5.50. The normalized spacial score (nSPS) is 14.2.